The van der Waals surface area contributed by atoms with Gasteiger partial charge < -0.3 is 9.84 Å². The van der Waals surface area contributed by atoms with Crippen molar-refractivity contribution in [3.05, 3.63) is 119 Å². The molecule has 3 nitrogen and oxygen atoms in total. The first kappa shape index (κ1) is 22.8. The maximum atomic E-state index is 13.9. The second kappa shape index (κ2) is 9.65. The Kier molecular flexibility index (Phi) is 6.68. The van der Waals surface area contributed by atoms with Crippen molar-refractivity contribution in [3.8, 4) is 16.9 Å². The molecule has 0 fully saturated rings. The predicted molar refractivity (Wildman–Crippen MR) is 135 cm³/mol. The molecule has 4 aromatic carbocycles. The predicted octanol–water partition coefficient (Wildman–Crippen LogP) is 6.51. The Hall–Kier alpha value is -3.34. The van der Waals surface area contributed by atoms with Gasteiger partial charge in [-0.1, -0.05) is 78.9 Å². The highest BCUT2D eigenvalue weighted by molar-refractivity contribution is 7.98. The minimum absolute atomic E-state index is 0.374. The quantitative estimate of drug-likeness (QED) is 0.255. The third-order valence-corrected chi connectivity index (χ3v) is 6.70. The summed E-state index contributed by atoms with van der Waals surface area (Å²) in [5, 5.41) is 12.3. The van der Waals surface area contributed by atoms with Gasteiger partial charge in [-0.05, 0) is 53.6 Å². The van der Waals surface area contributed by atoms with Crippen LogP contribution in [0.1, 0.15) is 27.0 Å². The standard InChI is InChI=1S/C29H26O3S/c1-20-26(32-2)19-18-25(27(20)21-14-16-24(33-3)17-15-21)29(31,23-12-8-5-9-13-23)28(30)22-10-6-4-7-11-22/h4-19,31H,1-3H3. The van der Waals surface area contributed by atoms with E-state index in [4.69, 9.17) is 4.74 Å². The third kappa shape index (κ3) is 4.20. The number of Topliss-reactive ketones (excluding diaryl/α,β-unsaturated/α-hetero) is 1. The smallest absolute Gasteiger partial charge is 0.203 e. The van der Waals surface area contributed by atoms with Crippen LogP contribution in [0.2, 0.25) is 0 Å². The number of hydrogen-bond acceptors (Lipinski definition) is 4. The molecule has 0 amide bonds. The summed E-state index contributed by atoms with van der Waals surface area (Å²) in [5.74, 6) is 0.325. The van der Waals surface area contributed by atoms with E-state index >= 15 is 0 Å². The fourth-order valence-electron chi connectivity index (χ4n) is 4.23. The lowest BCUT2D eigenvalue weighted by molar-refractivity contribution is 0.0489. The molecule has 0 aliphatic rings. The summed E-state index contributed by atoms with van der Waals surface area (Å²) in [6, 6.07) is 29.8. The van der Waals surface area contributed by atoms with E-state index in [0.29, 0.717) is 22.4 Å². The summed E-state index contributed by atoms with van der Waals surface area (Å²) in [4.78, 5) is 15.1. The SMILES string of the molecule is COc1ccc(C(O)(C(=O)c2ccccc2)c2ccccc2)c(-c2ccc(SC)cc2)c1C. The lowest BCUT2D eigenvalue weighted by Gasteiger charge is -2.31. The zero-order chi connectivity index (χ0) is 23.4. The molecule has 0 heterocycles. The molecule has 0 saturated carbocycles. The van der Waals surface area contributed by atoms with Crippen molar-refractivity contribution in [1.29, 1.82) is 0 Å². The van der Waals surface area contributed by atoms with Crippen LogP contribution in [0.4, 0.5) is 0 Å². The summed E-state index contributed by atoms with van der Waals surface area (Å²) in [7, 11) is 1.63. The number of thioether (sulfide) groups is 1. The first-order valence-corrected chi connectivity index (χ1v) is 11.9. The van der Waals surface area contributed by atoms with Crippen LogP contribution in [-0.2, 0) is 5.60 Å². The van der Waals surface area contributed by atoms with Gasteiger partial charge >= 0.3 is 0 Å². The molecule has 0 aliphatic heterocycles. The first-order valence-electron chi connectivity index (χ1n) is 10.7. The van der Waals surface area contributed by atoms with Crippen LogP contribution in [0, 0.1) is 6.92 Å². The minimum Gasteiger partial charge on any atom is -0.496 e. The number of aliphatic hydroxyl groups is 1. The van der Waals surface area contributed by atoms with Crippen molar-refractivity contribution in [1.82, 2.24) is 0 Å². The molecule has 4 heteroatoms. The highest BCUT2D eigenvalue weighted by atomic mass is 32.2. The van der Waals surface area contributed by atoms with Gasteiger partial charge in [0.1, 0.15) is 5.75 Å². The fraction of sp³-hybridized carbons (Fsp3) is 0.138. The molecular formula is C29H26O3S. The monoisotopic (exact) mass is 454 g/mol. The Labute approximate surface area is 199 Å². The average Bonchev–Trinajstić information content (AvgIpc) is 2.88. The molecule has 4 aromatic rings. The fourth-order valence-corrected chi connectivity index (χ4v) is 4.64. The van der Waals surface area contributed by atoms with Crippen LogP contribution in [-0.4, -0.2) is 24.3 Å². The molecular weight excluding hydrogens is 428 g/mol. The summed E-state index contributed by atoms with van der Waals surface area (Å²) >= 11 is 1.67. The number of methoxy groups -OCH3 is 1. The molecule has 1 unspecified atom stereocenters. The molecule has 0 radical (unpaired) electrons. The number of hydrogen-bond donors (Lipinski definition) is 1. The van der Waals surface area contributed by atoms with Crippen molar-refractivity contribution in [3.63, 3.8) is 0 Å². The number of carbonyl (C=O) groups excluding carboxylic acids is 1. The van der Waals surface area contributed by atoms with Crippen molar-refractivity contribution in [2.45, 2.75) is 17.4 Å². The molecule has 0 aliphatic carbocycles. The first-order chi connectivity index (χ1) is 16.0. The van der Waals surface area contributed by atoms with Gasteiger partial charge in [0.25, 0.3) is 0 Å². The maximum Gasteiger partial charge on any atom is 0.203 e. The van der Waals surface area contributed by atoms with Crippen molar-refractivity contribution in [2.75, 3.05) is 13.4 Å². The van der Waals surface area contributed by atoms with E-state index in [0.717, 1.165) is 21.6 Å². The van der Waals surface area contributed by atoms with E-state index in [1.165, 1.54) is 0 Å². The topological polar surface area (TPSA) is 46.5 Å². The molecule has 0 aromatic heterocycles. The van der Waals surface area contributed by atoms with Crippen LogP contribution in [0.3, 0.4) is 0 Å². The van der Waals surface area contributed by atoms with Crippen molar-refractivity contribution >= 4 is 17.5 Å². The van der Waals surface area contributed by atoms with Crippen molar-refractivity contribution in [2.24, 2.45) is 0 Å². The molecule has 1 atom stereocenters. The van der Waals surface area contributed by atoms with Gasteiger partial charge in [-0.25, -0.2) is 0 Å². The van der Waals surface area contributed by atoms with E-state index in [1.807, 2.05) is 67.8 Å². The zero-order valence-electron chi connectivity index (χ0n) is 18.9. The van der Waals surface area contributed by atoms with E-state index in [-0.39, 0.29) is 5.78 Å². The molecule has 0 saturated heterocycles. The van der Waals surface area contributed by atoms with E-state index in [2.05, 4.69) is 0 Å². The van der Waals surface area contributed by atoms with E-state index < -0.39 is 5.60 Å². The van der Waals surface area contributed by atoms with Gasteiger partial charge in [-0.2, -0.15) is 0 Å². The van der Waals surface area contributed by atoms with E-state index in [9.17, 15) is 9.90 Å². The van der Waals surface area contributed by atoms with E-state index in [1.54, 1.807) is 61.3 Å². The Bertz CT molecular complexity index is 1250. The third-order valence-electron chi connectivity index (χ3n) is 5.96. The minimum atomic E-state index is -1.88. The zero-order valence-corrected chi connectivity index (χ0v) is 19.7. The van der Waals surface area contributed by atoms with Gasteiger partial charge in [-0.15, -0.1) is 11.8 Å². The van der Waals surface area contributed by atoms with Gasteiger partial charge in [0, 0.05) is 16.0 Å². The van der Waals surface area contributed by atoms with Crippen LogP contribution in [0.5, 0.6) is 5.75 Å². The normalized spacial score (nSPS) is 12.7. The highest BCUT2D eigenvalue weighted by Crippen LogP contribution is 2.43. The number of ether oxygens (including phenoxy) is 1. The Morgan fingerprint density at radius 1 is 0.848 bits per heavy atom. The van der Waals surface area contributed by atoms with Crippen LogP contribution >= 0.6 is 11.8 Å². The summed E-state index contributed by atoms with van der Waals surface area (Å²) in [6.45, 7) is 1.96. The summed E-state index contributed by atoms with van der Waals surface area (Å²) < 4.78 is 5.60. The summed E-state index contributed by atoms with van der Waals surface area (Å²) in [6.07, 6.45) is 2.03. The second-order valence-electron chi connectivity index (χ2n) is 7.82. The Balaban J connectivity index is 2.03. The number of ketones is 1. The largest absolute Gasteiger partial charge is 0.496 e. The van der Waals surface area contributed by atoms with Crippen LogP contribution < -0.4 is 4.74 Å². The van der Waals surface area contributed by atoms with Crippen LogP contribution in [0.25, 0.3) is 11.1 Å². The lowest BCUT2D eigenvalue weighted by Crippen LogP contribution is -2.38. The Morgan fingerprint density at radius 3 is 2.03 bits per heavy atom. The van der Waals surface area contributed by atoms with Crippen molar-refractivity contribution < 1.29 is 14.6 Å². The van der Waals surface area contributed by atoms with Gasteiger partial charge in [0.15, 0.2) is 5.60 Å². The maximum absolute atomic E-state index is 13.9. The molecule has 1 N–H and O–H groups in total. The summed E-state index contributed by atoms with van der Waals surface area (Å²) in [5.41, 5.74) is 2.17. The average molecular weight is 455 g/mol. The molecule has 0 spiro atoms. The molecule has 166 valence electrons. The number of rotatable bonds is 7. The number of carbonyl (C=O) groups is 1. The number of benzene rings is 4. The molecule has 0 bridgehead atoms. The second-order valence-corrected chi connectivity index (χ2v) is 8.70. The Morgan fingerprint density at radius 2 is 1.45 bits per heavy atom. The van der Waals surface area contributed by atoms with Crippen LogP contribution in [0.15, 0.2) is 102 Å². The van der Waals surface area contributed by atoms with Gasteiger partial charge in [-0.3, -0.25) is 4.79 Å². The molecule has 33 heavy (non-hydrogen) atoms. The highest BCUT2D eigenvalue weighted by Gasteiger charge is 2.42. The van der Waals surface area contributed by atoms with Gasteiger partial charge in [0.2, 0.25) is 5.78 Å². The van der Waals surface area contributed by atoms with Gasteiger partial charge in [0.05, 0.1) is 7.11 Å². The lowest BCUT2D eigenvalue weighted by atomic mass is 9.76. The molecule has 4 rings (SSSR count).